The van der Waals surface area contributed by atoms with E-state index in [0.29, 0.717) is 18.1 Å². The topological polar surface area (TPSA) is 84.6 Å². The molecule has 2 heterocycles. The van der Waals surface area contributed by atoms with Gasteiger partial charge in [0.05, 0.1) is 15.9 Å². The van der Waals surface area contributed by atoms with Gasteiger partial charge < -0.3 is 4.90 Å². The fraction of sp³-hybridized carbons (Fsp3) is 0.364. The molecule has 4 rings (SSSR count). The molecular weight excluding hydrogens is 454 g/mol. The number of halogens is 2. The number of para-hydroxylation sites is 2. The van der Waals surface area contributed by atoms with Gasteiger partial charge in [0.25, 0.3) is 0 Å². The van der Waals surface area contributed by atoms with Crippen molar-refractivity contribution in [2.75, 3.05) is 26.2 Å². The van der Waals surface area contributed by atoms with Gasteiger partial charge in [-0.2, -0.15) is 4.31 Å². The smallest absolute Gasteiger partial charge is 0.329 e. The molecule has 0 aliphatic carbocycles. The Morgan fingerprint density at radius 2 is 1.58 bits per heavy atom. The molecule has 0 spiro atoms. The van der Waals surface area contributed by atoms with Crippen molar-refractivity contribution < 1.29 is 22.0 Å². The number of aryl methyl sites for hydroxylation is 1. The van der Waals surface area contributed by atoms with E-state index in [1.165, 1.54) is 9.47 Å². The van der Waals surface area contributed by atoms with Gasteiger partial charge in [0.2, 0.25) is 15.9 Å². The lowest BCUT2D eigenvalue weighted by Gasteiger charge is -2.34. The standard InChI is InChI=1S/C22H24F2N4O4S/c1-2-9-27-19-5-3-4-6-20(19)28(22(27)30)15-21(29)25-10-12-26(13-11-25)33(31,32)16-7-8-17(23)18(24)14-16/h3-8,14H,2,9-13,15H2,1H3. The van der Waals surface area contributed by atoms with Gasteiger partial charge in [-0.15, -0.1) is 0 Å². The van der Waals surface area contributed by atoms with Crippen LogP contribution in [-0.4, -0.2) is 58.8 Å². The summed E-state index contributed by atoms with van der Waals surface area (Å²) in [6, 6.07) is 9.73. The van der Waals surface area contributed by atoms with Crippen LogP contribution in [0.5, 0.6) is 0 Å². The summed E-state index contributed by atoms with van der Waals surface area (Å²) < 4.78 is 56.4. The molecule has 0 unspecified atom stereocenters. The summed E-state index contributed by atoms with van der Waals surface area (Å²) in [6.07, 6.45) is 0.774. The van der Waals surface area contributed by atoms with Crippen LogP contribution in [0.25, 0.3) is 11.0 Å². The summed E-state index contributed by atoms with van der Waals surface area (Å²) >= 11 is 0. The van der Waals surface area contributed by atoms with Gasteiger partial charge in [-0.25, -0.2) is 22.0 Å². The van der Waals surface area contributed by atoms with Crippen molar-refractivity contribution in [1.82, 2.24) is 18.3 Å². The highest BCUT2D eigenvalue weighted by molar-refractivity contribution is 7.89. The molecule has 0 bridgehead atoms. The van der Waals surface area contributed by atoms with Crippen LogP contribution in [0.2, 0.25) is 0 Å². The number of aromatic nitrogens is 2. The molecule has 1 aromatic heterocycles. The quantitative estimate of drug-likeness (QED) is 0.543. The summed E-state index contributed by atoms with van der Waals surface area (Å²) in [4.78, 5) is 27.0. The lowest BCUT2D eigenvalue weighted by Crippen LogP contribution is -2.51. The van der Waals surface area contributed by atoms with Crippen LogP contribution in [-0.2, 0) is 27.9 Å². The zero-order valence-electron chi connectivity index (χ0n) is 18.1. The van der Waals surface area contributed by atoms with Gasteiger partial charge in [0, 0.05) is 32.7 Å². The van der Waals surface area contributed by atoms with Gasteiger partial charge in [-0.1, -0.05) is 19.1 Å². The number of sulfonamides is 1. The van der Waals surface area contributed by atoms with Gasteiger partial charge >= 0.3 is 5.69 Å². The highest BCUT2D eigenvalue weighted by Crippen LogP contribution is 2.20. The predicted molar refractivity (Wildman–Crippen MR) is 118 cm³/mol. The Morgan fingerprint density at radius 3 is 2.18 bits per heavy atom. The minimum absolute atomic E-state index is 0.0135. The van der Waals surface area contributed by atoms with E-state index in [1.807, 2.05) is 19.1 Å². The maximum absolute atomic E-state index is 13.5. The van der Waals surface area contributed by atoms with Crippen molar-refractivity contribution in [1.29, 1.82) is 0 Å². The molecule has 1 fully saturated rings. The molecule has 1 saturated heterocycles. The number of piperazine rings is 1. The highest BCUT2D eigenvalue weighted by Gasteiger charge is 2.31. The van der Waals surface area contributed by atoms with E-state index in [9.17, 15) is 26.8 Å². The van der Waals surface area contributed by atoms with Crippen molar-refractivity contribution in [2.45, 2.75) is 31.3 Å². The summed E-state index contributed by atoms with van der Waals surface area (Å²) in [5.74, 6) is -2.65. The molecular formula is C22H24F2N4O4S. The third-order valence-corrected chi connectivity index (χ3v) is 7.68. The zero-order chi connectivity index (χ0) is 23.8. The first-order valence-electron chi connectivity index (χ1n) is 10.6. The molecule has 1 amide bonds. The van der Waals surface area contributed by atoms with Gasteiger partial charge in [-0.3, -0.25) is 13.9 Å². The van der Waals surface area contributed by atoms with Crippen LogP contribution in [0, 0.1) is 11.6 Å². The van der Waals surface area contributed by atoms with Gasteiger partial charge in [-0.05, 0) is 36.8 Å². The SMILES string of the molecule is CCCn1c(=O)n(CC(=O)N2CCN(S(=O)(=O)c3ccc(F)c(F)c3)CC2)c2ccccc21. The molecule has 3 aromatic rings. The Labute approximate surface area is 189 Å². The molecule has 11 heteroatoms. The Bertz CT molecular complexity index is 1360. The van der Waals surface area contributed by atoms with Crippen molar-refractivity contribution in [3.05, 3.63) is 64.6 Å². The molecule has 0 saturated carbocycles. The Balaban J connectivity index is 1.48. The second kappa shape index (κ2) is 9.06. The number of imidazole rings is 1. The molecule has 1 aliphatic heterocycles. The van der Waals surface area contributed by atoms with E-state index < -0.39 is 21.7 Å². The van der Waals surface area contributed by atoms with Gasteiger partial charge in [0.15, 0.2) is 11.6 Å². The van der Waals surface area contributed by atoms with Crippen molar-refractivity contribution >= 4 is 27.0 Å². The molecule has 176 valence electrons. The Morgan fingerprint density at radius 1 is 0.939 bits per heavy atom. The number of carbonyl (C=O) groups is 1. The monoisotopic (exact) mass is 478 g/mol. The lowest BCUT2D eigenvalue weighted by atomic mass is 10.3. The van der Waals surface area contributed by atoms with E-state index in [2.05, 4.69) is 0 Å². The molecule has 0 N–H and O–H groups in total. The number of benzene rings is 2. The van der Waals surface area contributed by atoms with Gasteiger partial charge in [0.1, 0.15) is 6.54 Å². The summed E-state index contributed by atoms with van der Waals surface area (Å²) in [7, 11) is -4.02. The van der Waals surface area contributed by atoms with Crippen LogP contribution in [0.3, 0.4) is 0 Å². The van der Waals surface area contributed by atoms with Crippen LogP contribution in [0.4, 0.5) is 8.78 Å². The van der Waals surface area contributed by atoms with Crippen molar-refractivity contribution in [3.63, 3.8) is 0 Å². The fourth-order valence-corrected chi connectivity index (χ4v) is 5.50. The zero-order valence-corrected chi connectivity index (χ0v) is 18.9. The number of rotatable bonds is 6. The fourth-order valence-electron chi connectivity index (χ4n) is 4.06. The molecule has 0 atom stereocenters. The van der Waals surface area contributed by atoms with E-state index in [0.717, 1.165) is 28.4 Å². The first-order valence-corrected chi connectivity index (χ1v) is 12.1. The first-order chi connectivity index (χ1) is 15.7. The van der Waals surface area contributed by atoms with Crippen LogP contribution in [0.1, 0.15) is 13.3 Å². The Kier molecular flexibility index (Phi) is 6.35. The second-order valence-corrected chi connectivity index (χ2v) is 9.81. The minimum Gasteiger partial charge on any atom is -0.338 e. The van der Waals surface area contributed by atoms with E-state index in [-0.39, 0.29) is 49.2 Å². The number of hydrogen-bond acceptors (Lipinski definition) is 4. The van der Waals surface area contributed by atoms with E-state index >= 15 is 0 Å². The third kappa shape index (κ3) is 4.30. The highest BCUT2D eigenvalue weighted by atomic mass is 32.2. The average molecular weight is 479 g/mol. The normalized spacial score (nSPS) is 15.3. The molecule has 8 nitrogen and oxygen atoms in total. The molecule has 33 heavy (non-hydrogen) atoms. The number of hydrogen-bond donors (Lipinski definition) is 0. The maximum Gasteiger partial charge on any atom is 0.329 e. The molecule has 2 aromatic carbocycles. The minimum atomic E-state index is -4.02. The van der Waals surface area contributed by atoms with E-state index in [1.54, 1.807) is 16.7 Å². The maximum atomic E-state index is 13.5. The summed E-state index contributed by atoms with van der Waals surface area (Å²) in [6.45, 7) is 2.65. The van der Waals surface area contributed by atoms with Crippen LogP contribution < -0.4 is 5.69 Å². The summed E-state index contributed by atoms with van der Waals surface area (Å²) in [5.41, 5.74) is 1.18. The van der Waals surface area contributed by atoms with Crippen molar-refractivity contribution in [2.24, 2.45) is 0 Å². The Hall–Kier alpha value is -3.05. The predicted octanol–water partition coefficient (Wildman–Crippen LogP) is 2.02. The molecule has 0 radical (unpaired) electrons. The largest absolute Gasteiger partial charge is 0.338 e. The average Bonchev–Trinajstić information content (AvgIpc) is 3.07. The van der Waals surface area contributed by atoms with Crippen LogP contribution >= 0.6 is 0 Å². The second-order valence-electron chi connectivity index (χ2n) is 7.87. The summed E-state index contributed by atoms with van der Waals surface area (Å²) in [5, 5.41) is 0. The number of fused-ring (bicyclic) bond motifs is 1. The molecule has 1 aliphatic rings. The lowest BCUT2D eigenvalue weighted by molar-refractivity contribution is -0.133. The third-order valence-electron chi connectivity index (χ3n) is 5.79. The first kappa shape index (κ1) is 23.1. The van der Waals surface area contributed by atoms with Crippen molar-refractivity contribution in [3.8, 4) is 0 Å². The number of nitrogens with zero attached hydrogens (tertiary/aromatic N) is 4. The number of carbonyl (C=O) groups excluding carboxylic acids is 1. The van der Waals surface area contributed by atoms with Crippen LogP contribution in [0.15, 0.2) is 52.2 Å². The number of amides is 1. The van der Waals surface area contributed by atoms with E-state index in [4.69, 9.17) is 0 Å².